The zero-order chi connectivity index (χ0) is 14.7. The lowest BCUT2D eigenvalue weighted by molar-refractivity contribution is 0.561. The van der Waals surface area contributed by atoms with Crippen LogP contribution in [0.5, 0.6) is 0 Å². The Bertz CT molecular complexity index is 480. The number of nitrogens with one attached hydrogen (secondary N) is 1. The van der Waals surface area contributed by atoms with Crippen LogP contribution in [0.4, 0.5) is 4.39 Å². The minimum Gasteiger partial charge on any atom is -0.316 e. The molecule has 0 radical (unpaired) electrons. The number of hydrogen-bond donors (Lipinski definition) is 1. The van der Waals surface area contributed by atoms with Gasteiger partial charge in [-0.1, -0.05) is 43.7 Å². The first kappa shape index (κ1) is 15.5. The van der Waals surface area contributed by atoms with Gasteiger partial charge in [-0.05, 0) is 48.9 Å². The molecule has 1 aromatic rings. The summed E-state index contributed by atoms with van der Waals surface area (Å²) in [7, 11) is 0. The molecule has 1 saturated carbocycles. The summed E-state index contributed by atoms with van der Waals surface area (Å²) in [5.74, 6) is 1.000. The van der Waals surface area contributed by atoms with E-state index < -0.39 is 0 Å². The van der Waals surface area contributed by atoms with Gasteiger partial charge >= 0.3 is 0 Å². The van der Waals surface area contributed by atoms with E-state index in [1.165, 1.54) is 12.8 Å². The third-order valence-electron chi connectivity index (χ3n) is 4.01. The van der Waals surface area contributed by atoms with Crippen LogP contribution in [0.25, 0.3) is 0 Å². The van der Waals surface area contributed by atoms with Crippen molar-refractivity contribution in [2.24, 2.45) is 11.8 Å². The molecular formula is C17H23ClFN. The van der Waals surface area contributed by atoms with E-state index in [2.05, 4.69) is 25.7 Å². The minimum absolute atomic E-state index is 0.139. The molecule has 20 heavy (non-hydrogen) atoms. The van der Waals surface area contributed by atoms with Crippen molar-refractivity contribution < 1.29 is 4.39 Å². The van der Waals surface area contributed by atoms with Gasteiger partial charge in [-0.25, -0.2) is 4.39 Å². The quantitative estimate of drug-likeness (QED) is 0.714. The number of rotatable bonds is 7. The van der Waals surface area contributed by atoms with Crippen molar-refractivity contribution in [3.63, 3.8) is 0 Å². The molecule has 0 saturated heterocycles. The highest BCUT2D eigenvalue weighted by molar-refractivity contribution is 6.30. The van der Waals surface area contributed by atoms with Gasteiger partial charge in [0, 0.05) is 12.5 Å². The lowest BCUT2D eigenvalue weighted by atomic mass is 9.85. The molecule has 1 aliphatic rings. The maximum atomic E-state index is 13.7. The molecule has 0 aromatic heterocycles. The van der Waals surface area contributed by atoms with E-state index in [-0.39, 0.29) is 16.8 Å². The summed E-state index contributed by atoms with van der Waals surface area (Å²) < 4.78 is 13.7. The number of halogens is 2. The van der Waals surface area contributed by atoms with E-state index >= 15 is 0 Å². The van der Waals surface area contributed by atoms with Crippen molar-refractivity contribution in [3.8, 4) is 0 Å². The van der Waals surface area contributed by atoms with Crippen LogP contribution in [-0.2, 0) is 0 Å². The van der Waals surface area contributed by atoms with Gasteiger partial charge in [0.1, 0.15) is 5.82 Å². The Labute approximate surface area is 126 Å². The van der Waals surface area contributed by atoms with Crippen LogP contribution in [0.1, 0.15) is 38.2 Å². The van der Waals surface area contributed by atoms with Crippen molar-refractivity contribution in [1.82, 2.24) is 5.32 Å². The second-order valence-corrected chi connectivity index (χ2v) is 6.46. The predicted molar refractivity (Wildman–Crippen MR) is 83.7 cm³/mol. The fourth-order valence-corrected chi connectivity index (χ4v) is 2.47. The molecule has 2 rings (SSSR count). The molecule has 0 unspecified atom stereocenters. The topological polar surface area (TPSA) is 12.0 Å². The summed E-state index contributed by atoms with van der Waals surface area (Å²) in [5, 5.41) is 3.67. The minimum atomic E-state index is -0.354. The number of benzene rings is 1. The van der Waals surface area contributed by atoms with Gasteiger partial charge in [0.25, 0.3) is 0 Å². The Hall–Kier alpha value is -0.860. The molecule has 110 valence electrons. The average Bonchev–Trinajstić information content (AvgIpc) is 3.21. The lowest BCUT2D eigenvalue weighted by Crippen LogP contribution is -2.26. The molecule has 0 spiro atoms. The summed E-state index contributed by atoms with van der Waals surface area (Å²) in [6, 6.07) is 5.08. The first-order valence-electron chi connectivity index (χ1n) is 7.33. The van der Waals surface area contributed by atoms with E-state index in [1.807, 2.05) is 6.07 Å². The molecule has 0 bridgehead atoms. The van der Waals surface area contributed by atoms with E-state index in [9.17, 15) is 4.39 Å². The zero-order valence-corrected chi connectivity index (χ0v) is 13.0. The molecule has 3 heteroatoms. The van der Waals surface area contributed by atoms with E-state index in [0.29, 0.717) is 5.92 Å². The molecule has 0 amide bonds. The molecule has 1 nitrogen and oxygen atoms in total. The fraction of sp³-hybridized carbons (Fsp3) is 0.529. The van der Waals surface area contributed by atoms with Crippen LogP contribution in [0.2, 0.25) is 5.02 Å². The molecule has 1 aliphatic carbocycles. The Morgan fingerprint density at radius 2 is 2.15 bits per heavy atom. The second-order valence-electron chi connectivity index (χ2n) is 6.06. The molecule has 1 aromatic carbocycles. The summed E-state index contributed by atoms with van der Waals surface area (Å²) in [4.78, 5) is 0. The molecule has 1 atom stereocenters. The van der Waals surface area contributed by atoms with Gasteiger partial charge in [-0.15, -0.1) is 0 Å². The van der Waals surface area contributed by atoms with Crippen molar-refractivity contribution in [2.45, 2.75) is 32.6 Å². The van der Waals surface area contributed by atoms with Crippen LogP contribution < -0.4 is 5.32 Å². The maximum absolute atomic E-state index is 13.7. The van der Waals surface area contributed by atoms with Gasteiger partial charge < -0.3 is 5.32 Å². The molecule has 1 fully saturated rings. The maximum Gasteiger partial charge on any atom is 0.142 e. The highest BCUT2D eigenvalue weighted by Gasteiger charge is 2.23. The Kier molecular flexibility index (Phi) is 5.22. The van der Waals surface area contributed by atoms with Crippen molar-refractivity contribution >= 4 is 11.6 Å². The van der Waals surface area contributed by atoms with Crippen LogP contribution >= 0.6 is 11.6 Å². The SMILES string of the molecule is C=C(C(C)C)[C@H](CNCC1CC1)c1ccc(Cl)c(F)c1. The van der Waals surface area contributed by atoms with Crippen LogP contribution in [0.3, 0.4) is 0 Å². The van der Waals surface area contributed by atoms with Crippen LogP contribution in [0.15, 0.2) is 30.4 Å². The Balaban J connectivity index is 2.10. The highest BCUT2D eigenvalue weighted by Crippen LogP contribution is 2.31. The first-order valence-corrected chi connectivity index (χ1v) is 7.71. The van der Waals surface area contributed by atoms with Crippen LogP contribution in [-0.4, -0.2) is 13.1 Å². The third-order valence-corrected chi connectivity index (χ3v) is 4.32. The Morgan fingerprint density at radius 3 is 2.70 bits per heavy atom. The van der Waals surface area contributed by atoms with Crippen molar-refractivity contribution in [2.75, 3.05) is 13.1 Å². The van der Waals surface area contributed by atoms with Gasteiger partial charge in [-0.2, -0.15) is 0 Å². The van der Waals surface area contributed by atoms with E-state index in [0.717, 1.165) is 30.1 Å². The summed E-state index contributed by atoms with van der Waals surface area (Å²) in [6.07, 6.45) is 2.66. The van der Waals surface area contributed by atoms with Gasteiger partial charge in [0.15, 0.2) is 0 Å². The van der Waals surface area contributed by atoms with Crippen molar-refractivity contribution in [3.05, 3.63) is 46.8 Å². The van der Waals surface area contributed by atoms with Crippen LogP contribution in [0, 0.1) is 17.7 Å². The summed E-state index contributed by atoms with van der Waals surface area (Å²) in [5.41, 5.74) is 2.09. The highest BCUT2D eigenvalue weighted by atomic mass is 35.5. The molecule has 0 aliphatic heterocycles. The van der Waals surface area contributed by atoms with Crippen molar-refractivity contribution in [1.29, 1.82) is 0 Å². The van der Waals surface area contributed by atoms with Gasteiger partial charge in [0.2, 0.25) is 0 Å². The zero-order valence-electron chi connectivity index (χ0n) is 12.3. The monoisotopic (exact) mass is 295 g/mol. The molecule has 1 N–H and O–H groups in total. The molecular weight excluding hydrogens is 273 g/mol. The number of hydrogen-bond acceptors (Lipinski definition) is 1. The summed E-state index contributed by atoms with van der Waals surface area (Å²) >= 11 is 5.77. The standard InChI is InChI=1S/C17H23ClFN/c1-11(2)12(3)15(10-20-9-13-4-5-13)14-6-7-16(18)17(19)8-14/h6-8,11,13,15,20H,3-5,9-10H2,1-2H3/t15-/m0/s1. The largest absolute Gasteiger partial charge is 0.316 e. The Morgan fingerprint density at radius 1 is 1.45 bits per heavy atom. The normalized spacial score (nSPS) is 16.4. The third kappa shape index (κ3) is 4.07. The average molecular weight is 296 g/mol. The first-order chi connectivity index (χ1) is 9.49. The fourth-order valence-electron chi connectivity index (χ4n) is 2.35. The van der Waals surface area contributed by atoms with Gasteiger partial charge in [0.05, 0.1) is 5.02 Å². The summed E-state index contributed by atoms with van der Waals surface area (Å²) in [6.45, 7) is 10.3. The van der Waals surface area contributed by atoms with E-state index in [4.69, 9.17) is 11.6 Å². The van der Waals surface area contributed by atoms with Gasteiger partial charge in [-0.3, -0.25) is 0 Å². The predicted octanol–water partition coefficient (Wildman–Crippen LogP) is 4.77. The van der Waals surface area contributed by atoms with E-state index in [1.54, 1.807) is 12.1 Å². The molecule has 0 heterocycles. The lowest BCUT2D eigenvalue weighted by Gasteiger charge is -2.23. The second kappa shape index (κ2) is 6.73. The smallest absolute Gasteiger partial charge is 0.142 e.